The molecule has 0 atom stereocenters. The van der Waals surface area contributed by atoms with Crippen molar-refractivity contribution in [3.05, 3.63) is 94.1 Å². The van der Waals surface area contributed by atoms with Crippen LogP contribution in [0, 0.1) is 0 Å². The van der Waals surface area contributed by atoms with Crippen LogP contribution in [-0.2, 0) is 6.18 Å². The monoisotopic (exact) mass is 476 g/mol. The first-order chi connectivity index (χ1) is 15.2. The fourth-order valence-corrected chi connectivity index (χ4v) is 3.38. The van der Waals surface area contributed by atoms with Gasteiger partial charge in [0.1, 0.15) is 0 Å². The Balaban J connectivity index is 1.63. The SMILES string of the molecule is O=C(Nc1ccc(Cl)c(C(F)(F)F)c1)c1ccccc1-c1ncc(-c2ccc(Cl)cc2)o1. The van der Waals surface area contributed by atoms with Crippen molar-refractivity contribution in [1.29, 1.82) is 0 Å². The van der Waals surface area contributed by atoms with E-state index < -0.39 is 22.7 Å². The fraction of sp³-hybridized carbons (Fsp3) is 0.0435. The third kappa shape index (κ3) is 4.64. The standard InChI is InChI=1S/C23H13Cl2F3N2O2/c24-14-7-5-13(6-8-14)20-12-29-22(32-20)17-4-2-1-3-16(17)21(31)30-15-9-10-19(25)18(11-15)23(26,27)28/h1-12H,(H,30,31). The first kappa shape index (κ1) is 21.9. The summed E-state index contributed by atoms with van der Waals surface area (Å²) in [5, 5.41) is 2.59. The molecule has 1 aromatic heterocycles. The number of halogens is 5. The summed E-state index contributed by atoms with van der Waals surface area (Å²) in [5.41, 5.74) is 0.230. The second-order valence-electron chi connectivity index (χ2n) is 6.73. The van der Waals surface area contributed by atoms with Gasteiger partial charge >= 0.3 is 6.18 Å². The molecule has 1 heterocycles. The zero-order valence-corrected chi connectivity index (χ0v) is 17.6. The third-order valence-corrected chi connectivity index (χ3v) is 5.15. The number of rotatable bonds is 4. The van der Waals surface area contributed by atoms with Crippen LogP contribution in [-0.4, -0.2) is 10.9 Å². The molecule has 0 bridgehead atoms. The fourth-order valence-electron chi connectivity index (χ4n) is 3.03. The molecule has 3 aromatic carbocycles. The lowest BCUT2D eigenvalue weighted by Gasteiger charge is -2.12. The molecular weight excluding hydrogens is 464 g/mol. The predicted octanol–water partition coefficient (Wildman–Crippen LogP) is 7.59. The van der Waals surface area contributed by atoms with E-state index in [9.17, 15) is 18.0 Å². The number of carbonyl (C=O) groups excluding carboxylic acids is 1. The van der Waals surface area contributed by atoms with Gasteiger partial charge in [0.15, 0.2) is 5.76 Å². The molecular formula is C23H13Cl2F3N2O2. The van der Waals surface area contributed by atoms with Crippen LogP contribution in [0.4, 0.5) is 18.9 Å². The number of nitrogens with zero attached hydrogens (tertiary/aromatic N) is 1. The molecule has 0 saturated carbocycles. The van der Waals surface area contributed by atoms with Crippen LogP contribution in [0.2, 0.25) is 10.0 Å². The van der Waals surface area contributed by atoms with E-state index in [2.05, 4.69) is 10.3 Å². The molecule has 0 aliphatic rings. The van der Waals surface area contributed by atoms with E-state index in [0.29, 0.717) is 16.3 Å². The largest absolute Gasteiger partial charge is 0.436 e. The van der Waals surface area contributed by atoms with E-state index >= 15 is 0 Å². The summed E-state index contributed by atoms with van der Waals surface area (Å²) in [6.07, 6.45) is -3.13. The molecule has 4 rings (SSSR count). The van der Waals surface area contributed by atoms with Crippen molar-refractivity contribution in [3.8, 4) is 22.8 Å². The molecule has 1 N–H and O–H groups in total. The maximum absolute atomic E-state index is 13.1. The molecule has 0 fully saturated rings. The number of anilines is 1. The summed E-state index contributed by atoms with van der Waals surface area (Å²) >= 11 is 11.5. The molecule has 4 nitrogen and oxygen atoms in total. The molecule has 0 saturated heterocycles. The first-order valence-corrected chi connectivity index (χ1v) is 9.97. The smallest absolute Gasteiger partial charge is 0.417 e. The molecule has 1 amide bonds. The summed E-state index contributed by atoms with van der Waals surface area (Å²) < 4.78 is 45.2. The van der Waals surface area contributed by atoms with Gasteiger partial charge in [0.05, 0.1) is 22.3 Å². The number of alkyl halides is 3. The minimum atomic E-state index is -4.65. The summed E-state index contributed by atoms with van der Waals surface area (Å²) in [4.78, 5) is 17.1. The quantitative estimate of drug-likeness (QED) is 0.330. The Morgan fingerprint density at radius 3 is 2.41 bits per heavy atom. The highest BCUT2D eigenvalue weighted by molar-refractivity contribution is 6.31. The van der Waals surface area contributed by atoms with Crippen molar-refractivity contribution in [2.75, 3.05) is 5.32 Å². The zero-order chi connectivity index (χ0) is 22.9. The van der Waals surface area contributed by atoms with Gasteiger partial charge in [0.2, 0.25) is 5.89 Å². The second-order valence-corrected chi connectivity index (χ2v) is 7.57. The number of benzene rings is 3. The van der Waals surface area contributed by atoms with Crippen LogP contribution < -0.4 is 5.32 Å². The van der Waals surface area contributed by atoms with Gasteiger partial charge in [0, 0.05) is 21.8 Å². The molecule has 0 radical (unpaired) electrons. The maximum atomic E-state index is 13.1. The summed E-state index contributed by atoms with van der Waals surface area (Å²) in [7, 11) is 0. The van der Waals surface area contributed by atoms with Gasteiger partial charge in [-0.2, -0.15) is 13.2 Å². The zero-order valence-electron chi connectivity index (χ0n) is 16.1. The molecule has 0 aliphatic carbocycles. The van der Waals surface area contributed by atoms with Gasteiger partial charge in [-0.1, -0.05) is 35.3 Å². The molecule has 0 spiro atoms. The summed E-state index contributed by atoms with van der Waals surface area (Å²) in [6, 6.07) is 16.6. The maximum Gasteiger partial charge on any atom is 0.417 e. The van der Waals surface area contributed by atoms with Crippen LogP contribution >= 0.6 is 23.2 Å². The first-order valence-electron chi connectivity index (χ1n) is 9.21. The van der Waals surface area contributed by atoms with Crippen molar-refractivity contribution in [2.45, 2.75) is 6.18 Å². The molecule has 4 aromatic rings. The molecule has 9 heteroatoms. The van der Waals surface area contributed by atoms with Gasteiger partial charge in [-0.05, 0) is 54.6 Å². The van der Waals surface area contributed by atoms with Crippen LogP contribution in [0.5, 0.6) is 0 Å². The number of hydrogen-bond acceptors (Lipinski definition) is 3. The number of amides is 1. The van der Waals surface area contributed by atoms with E-state index in [1.807, 2.05) is 0 Å². The van der Waals surface area contributed by atoms with Crippen LogP contribution in [0.25, 0.3) is 22.8 Å². The lowest BCUT2D eigenvalue weighted by molar-refractivity contribution is -0.137. The molecule has 162 valence electrons. The topological polar surface area (TPSA) is 55.1 Å². The van der Waals surface area contributed by atoms with Crippen LogP contribution in [0.1, 0.15) is 15.9 Å². The van der Waals surface area contributed by atoms with E-state index in [1.54, 1.807) is 42.5 Å². The normalized spacial score (nSPS) is 11.4. The third-order valence-electron chi connectivity index (χ3n) is 4.57. The highest BCUT2D eigenvalue weighted by Gasteiger charge is 2.33. The van der Waals surface area contributed by atoms with E-state index in [-0.39, 0.29) is 17.1 Å². The van der Waals surface area contributed by atoms with Crippen molar-refractivity contribution in [2.24, 2.45) is 0 Å². The second kappa shape index (κ2) is 8.68. The predicted molar refractivity (Wildman–Crippen MR) is 117 cm³/mol. The average molecular weight is 477 g/mol. The number of nitrogens with one attached hydrogen (secondary N) is 1. The number of aromatic nitrogens is 1. The minimum Gasteiger partial charge on any atom is -0.436 e. The lowest BCUT2D eigenvalue weighted by Crippen LogP contribution is -2.14. The van der Waals surface area contributed by atoms with Crippen LogP contribution in [0.3, 0.4) is 0 Å². The Kier molecular flexibility index (Phi) is 5.95. The summed E-state index contributed by atoms with van der Waals surface area (Å²) in [5.74, 6) is 0.0366. The Morgan fingerprint density at radius 1 is 0.969 bits per heavy atom. The van der Waals surface area contributed by atoms with Gasteiger partial charge in [-0.25, -0.2) is 4.98 Å². The minimum absolute atomic E-state index is 0.0456. The average Bonchev–Trinajstić information content (AvgIpc) is 3.25. The summed E-state index contributed by atoms with van der Waals surface area (Å²) in [6.45, 7) is 0. The highest BCUT2D eigenvalue weighted by atomic mass is 35.5. The Morgan fingerprint density at radius 2 is 1.69 bits per heavy atom. The van der Waals surface area contributed by atoms with Crippen molar-refractivity contribution < 1.29 is 22.4 Å². The number of hydrogen-bond donors (Lipinski definition) is 1. The Bertz CT molecular complexity index is 1290. The molecule has 0 aliphatic heterocycles. The van der Waals surface area contributed by atoms with Gasteiger partial charge in [0.25, 0.3) is 5.91 Å². The molecule has 0 unspecified atom stereocenters. The Labute approximate surface area is 190 Å². The van der Waals surface area contributed by atoms with Crippen molar-refractivity contribution in [3.63, 3.8) is 0 Å². The molecule has 32 heavy (non-hydrogen) atoms. The van der Waals surface area contributed by atoms with E-state index in [1.165, 1.54) is 18.3 Å². The van der Waals surface area contributed by atoms with E-state index in [0.717, 1.165) is 17.7 Å². The highest BCUT2D eigenvalue weighted by Crippen LogP contribution is 2.36. The lowest BCUT2D eigenvalue weighted by atomic mass is 10.1. The van der Waals surface area contributed by atoms with Crippen LogP contribution in [0.15, 0.2) is 77.3 Å². The van der Waals surface area contributed by atoms with Crippen molar-refractivity contribution in [1.82, 2.24) is 4.98 Å². The van der Waals surface area contributed by atoms with Gasteiger partial charge in [-0.3, -0.25) is 4.79 Å². The number of oxazole rings is 1. The van der Waals surface area contributed by atoms with Crippen molar-refractivity contribution >= 4 is 34.8 Å². The van der Waals surface area contributed by atoms with Gasteiger partial charge in [-0.15, -0.1) is 0 Å². The number of carbonyl (C=O) groups is 1. The van der Waals surface area contributed by atoms with E-state index in [4.69, 9.17) is 27.6 Å². The van der Waals surface area contributed by atoms with Gasteiger partial charge < -0.3 is 9.73 Å². The Hall–Kier alpha value is -3.29.